The molecule has 2 N–H and O–H groups in total. The topological polar surface area (TPSA) is 70.4 Å². The van der Waals surface area contributed by atoms with Crippen molar-refractivity contribution in [2.45, 2.75) is 19.4 Å². The van der Waals surface area contributed by atoms with E-state index >= 15 is 0 Å². The van der Waals surface area contributed by atoms with Crippen LogP contribution in [0, 0.1) is 5.92 Å². The van der Waals surface area contributed by atoms with Crippen molar-refractivity contribution in [3.05, 3.63) is 55.1 Å². The number of rotatable bonds is 5. The lowest BCUT2D eigenvalue weighted by Gasteiger charge is -2.39. The van der Waals surface area contributed by atoms with Gasteiger partial charge in [0.1, 0.15) is 5.82 Å². The van der Waals surface area contributed by atoms with Crippen molar-refractivity contribution in [1.29, 1.82) is 0 Å². The number of nitrogens with one attached hydrogen (secondary N) is 2. The predicted molar refractivity (Wildman–Crippen MR) is 118 cm³/mol. The Balaban J connectivity index is 1.30. The second-order valence-electron chi connectivity index (χ2n) is 7.58. The highest BCUT2D eigenvalue weighted by Crippen LogP contribution is 2.27. The molecule has 0 bridgehead atoms. The highest BCUT2D eigenvalue weighted by atomic mass is 15.3. The van der Waals surface area contributed by atoms with E-state index in [4.69, 9.17) is 0 Å². The minimum Gasteiger partial charge on any atom is -0.368 e. The van der Waals surface area contributed by atoms with Crippen molar-refractivity contribution >= 4 is 22.7 Å². The van der Waals surface area contributed by atoms with Crippen LogP contribution in [-0.4, -0.2) is 58.6 Å². The summed E-state index contributed by atoms with van der Waals surface area (Å²) in [5, 5.41) is 8.04. The normalized spacial score (nSPS) is 20.1. The Morgan fingerprint density at radius 2 is 2.10 bits per heavy atom. The molecule has 2 aromatic heterocycles. The number of benzene rings is 1. The van der Waals surface area contributed by atoms with Crippen molar-refractivity contribution in [3.8, 4) is 0 Å². The fourth-order valence-electron chi connectivity index (χ4n) is 3.96. The quantitative estimate of drug-likeness (QED) is 0.397. The number of imidazole rings is 1. The van der Waals surface area contributed by atoms with Crippen LogP contribution in [0.2, 0.25) is 0 Å². The van der Waals surface area contributed by atoms with Gasteiger partial charge in [-0.25, -0.2) is 9.97 Å². The maximum atomic E-state index is 4.66. The highest BCUT2D eigenvalue weighted by Gasteiger charge is 2.28. The molecule has 29 heavy (non-hydrogen) atoms. The zero-order valence-electron chi connectivity index (χ0n) is 17.1. The van der Waals surface area contributed by atoms with E-state index in [1.54, 1.807) is 0 Å². The summed E-state index contributed by atoms with van der Waals surface area (Å²) in [6.45, 7) is 5.84. The molecule has 0 spiro atoms. The SMILES string of the molecule is CN=C(NCCNc1ccc2ccccc2n1)N1CCC(C)C(n2ccnc2)C1. The Hall–Kier alpha value is -3.09. The third-order valence-corrected chi connectivity index (χ3v) is 5.65. The van der Waals surface area contributed by atoms with Crippen LogP contribution in [0.5, 0.6) is 0 Å². The molecule has 3 aromatic rings. The van der Waals surface area contributed by atoms with E-state index in [1.807, 2.05) is 43.8 Å². The molecule has 1 aliphatic heterocycles. The predicted octanol–water partition coefficient (Wildman–Crippen LogP) is 3.00. The van der Waals surface area contributed by atoms with Crippen molar-refractivity contribution in [2.24, 2.45) is 10.9 Å². The van der Waals surface area contributed by atoms with Gasteiger partial charge in [-0.05, 0) is 30.5 Å². The van der Waals surface area contributed by atoms with Gasteiger partial charge in [-0.3, -0.25) is 4.99 Å². The number of nitrogens with zero attached hydrogens (tertiary/aromatic N) is 5. The fraction of sp³-hybridized carbons (Fsp3) is 0.409. The molecule has 3 heterocycles. The number of hydrogen-bond acceptors (Lipinski definition) is 4. The maximum absolute atomic E-state index is 4.66. The molecule has 152 valence electrons. The minimum atomic E-state index is 0.421. The van der Waals surface area contributed by atoms with Crippen LogP contribution in [-0.2, 0) is 0 Å². The number of aromatic nitrogens is 3. The number of aliphatic imine (C=N–C) groups is 1. The van der Waals surface area contributed by atoms with Crippen LogP contribution >= 0.6 is 0 Å². The number of likely N-dealkylation sites (tertiary alicyclic amines) is 1. The smallest absolute Gasteiger partial charge is 0.193 e. The average Bonchev–Trinajstić information content (AvgIpc) is 3.29. The monoisotopic (exact) mass is 391 g/mol. The summed E-state index contributed by atoms with van der Waals surface area (Å²) in [5.74, 6) is 2.47. The minimum absolute atomic E-state index is 0.421. The molecular weight excluding hydrogens is 362 g/mol. The third-order valence-electron chi connectivity index (χ3n) is 5.65. The lowest BCUT2D eigenvalue weighted by molar-refractivity contribution is 0.189. The first-order chi connectivity index (χ1) is 14.2. The van der Waals surface area contributed by atoms with Crippen molar-refractivity contribution in [3.63, 3.8) is 0 Å². The van der Waals surface area contributed by atoms with Gasteiger partial charge in [0.15, 0.2) is 5.96 Å². The molecule has 7 heteroatoms. The van der Waals surface area contributed by atoms with E-state index in [-0.39, 0.29) is 0 Å². The van der Waals surface area contributed by atoms with Crippen molar-refractivity contribution in [2.75, 3.05) is 38.5 Å². The van der Waals surface area contributed by atoms with Gasteiger partial charge in [0.2, 0.25) is 0 Å². The van der Waals surface area contributed by atoms with Crippen molar-refractivity contribution in [1.82, 2.24) is 24.8 Å². The fourth-order valence-corrected chi connectivity index (χ4v) is 3.96. The van der Waals surface area contributed by atoms with Crippen LogP contribution in [0.3, 0.4) is 0 Å². The van der Waals surface area contributed by atoms with E-state index in [0.717, 1.165) is 55.3 Å². The van der Waals surface area contributed by atoms with Gasteiger partial charge in [-0.15, -0.1) is 0 Å². The molecule has 0 saturated carbocycles. The molecule has 1 fully saturated rings. The van der Waals surface area contributed by atoms with Crippen LogP contribution in [0.4, 0.5) is 5.82 Å². The van der Waals surface area contributed by atoms with E-state index in [1.165, 1.54) is 0 Å². The van der Waals surface area contributed by atoms with E-state index in [2.05, 4.69) is 60.3 Å². The molecule has 0 radical (unpaired) electrons. The van der Waals surface area contributed by atoms with Crippen LogP contribution in [0.25, 0.3) is 10.9 Å². The van der Waals surface area contributed by atoms with E-state index in [9.17, 15) is 0 Å². The molecule has 1 aliphatic rings. The van der Waals surface area contributed by atoms with Gasteiger partial charge in [0.05, 0.1) is 17.9 Å². The molecule has 2 atom stereocenters. The average molecular weight is 392 g/mol. The lowest BCUT2D eigenvalue weighted by atomic mass is 9.93. The summed E-state index contributed by atoms with van der Waals surface area (Å²) >= 11 is 0. The molecule has 2 unspecified atom stereocenters. The standard InChI is InChI=1S/C22H29N7/c1-17-9-13-28(15-20(17)29-14-12-24-16-29)22(23-2)26-11-10-25-21-8-7-18-5-3-4-6-19(18)27-21/h3-8,12,14,16-17,20H,9-11,13,15H2,1-2H3,(H,23,26)(H,25,27). The number of guanidine groups is 1. The first-order valence-corrected chi connectivity index (χ1v) is 10.3. The first-order valence-electron chi connectivity index (χ1n) is 10.3. The van der Waals surface area contributed by atoms with Gasteiger partial charge >= 0.3 is 0 Å². The number of hydrogen-bond donors (Lipinski definition) is 2. The lowest BCUT2D eigenvalue weighted by Crippen LogP contribution is -2.49. The van der Waals surface area contributed by atoms with E-state index in [0.29, 0.717) is 12.0 Å². The summed E-state index contributed by atoms with van der Waals surface area (Å²) in [4.78, 5) is 15.7. The Labute approximate surface area is 171 Å². The van der Waals surface area contributed by atoms with Gasteiger partial charge < -0.3 is 20.1 Å². The summed E-state index contributed by atoms with van der Waals surface area (Å²) in [6, 6.07) is 12.7. The second-order valence-corrected chi connectivity index (χ2v) is 7.58. The highest BCUT2D eigenvalue weighted by molar-refractivity contribution is 5.80. The largest absolute Gasteiger partial charge is 0.368 e. The van der Waals surface area contributed by atoms with Crippen LogP contribution in [0.15, 0.2) is 60.1 Å². The van der Waals surface area contributed by atoms with Crippen LogP contribution < -0.4 is 10.6 Å². The first kappa shape index (κ1) is 19.2. The molecular formula is C22H29N7. The maximum Gasteiger partial charge on any atom is 0.193 e. The van der Waals surface area contributed by atoms with Crippen LogP contribution in [0.1, 0.15) is 19.4 Å². The number of fused-ring (bicyclic) bond motifs is 1. The van der Waals surface area contributed by atoms with Crippen molar-refractivity contribution < 1.29 is 0 Å². The van der Waals surface area contributed by atoms with Gasteiger partial charge in [0, 0.05) is 51.0 Å². The third kappa shape index (κ3) is 4.50. The summed E-state index contributed by atoms with van der Waals surface area (Å²) in [7, 11) is 1.85. The van der Waals surface area contributed by atoms with E-state index < -0.39 is 0 Å². The number of para-hydroxylation sites is 1. The Bertz CT molecular complexity index is 951. The molecule has 1 aromatic carbocycles. The Morgan fingerprint density at radius 1 is 1.21 bits per heavy atom. The molecule has 4 rings (SSSR count). The summed E-state index contributed by atoms with van der Waals surface area (Å²) in [6.07, 6.45) is 6.97. The second kappa shape index (κ2) is 8.94. The Morgan fingerprint density at radius 3 is 2.93 bits per heavy atom. The molecule has 0 amide bonds. The molecule has 7 nitrogen and oxygen atoms in total. The number of piperidine rings is 1. The zero-order valence-corrected chi connectivity index (χ0v) is 17.1. The molecule has 1 saturated heterocycles. The summed E-state index contributed by atoms with van der Waals surface area (Å²) < 4.78 is 2.22. The van der Waals surface area contributed by atoms with Gasteiger partial charge in [-0.2, -0.15) is 0 Å². The van der Waals surface area contributed by atoms with Gasteiger partial charge in [-0.1, -0.05) is 25.1 Å². The zero-order chi connectivity index (χ0) is 20.1. The summed E-state index contributed by atoms with van der Waals surface area (Å²) in [5.41, 5.74) is 1.01. The number of pyridine rings is 1. The Kier molecular flexibility index (Phi) is 5.93. The van der Waals surface area contributed by atoms with Gasteiger partial charge in [0.25, 0.3) is 0 Å². The molecule has 0 aliphatic carbocycles. The number of anilines is 1.